The van der Waals surface area contributed by atoms with Gasteiger partial charge in [0, 0.05) is 22.9 Å². The van der Waals surface area contributed by atoms with Crippen LogP contribution in [0.4, 0.5) is 0 Å². The summed E-state index contributed by atoms with van der Waals surface area (Å²) in [5.41, 5.74) is 2.35. The predicted molar refractivity (Wildman–Crippen MR) is 83.2 cm³/mol. The highest BCUT2D eigenvalue weighted by Crippen LogP contribution is 2.28. The maximum Gasteiger partial charge on any atom is 0.0976 e. The van der Waals surface area contributed by atoms with E-state index in [9.17, 15) is 0 Å². The van der Waals surface area contributed by atoms with Gasteiger partial charge in [0.2, 0.25) is 0 Å². The Morgan fingerprint density at radius 2 is 2.05 bits per heavy atom. The largest absolute Gasteiger partial charge is 0.315 e. The smallest absolute Gasteiger partial charge is 0.0976 e. The number of halogens is 1. The fourth-order valence-electron chi connectivity index (χ4n) is 2.03. The molecule has 102 valence electrons. The van der Waals surface area contributed by atoms with Crippen LogP contribution in [0.5, 0.6) is 0 Å². The Labute approximate surface area is 123 Å². The fraction of sp³-hybridized carbons (Fsp3) is 0.400. The van der Waals surface area contributed by atoms with Gasteiger partial charge in [-0.1, -0.05) is 43.6 Å². The van der Waals surface area contributed by atoms with Crippen LogP contribution < -0.4 is 5.32 Å². The third-order valence-electron chi connectivity index (χ3n) is 2.96. The van der Waals surface area contributed by atoms with Crippen molar-refractivity contribution in [2.24, 2.45) is 0 Å². The highest BCUT2D eigenvalue weighted by Gasteiger charge is 2.14. The Bertz CT molecular complexity index is 549. The molecule has 2 rings (SSSR count). The van der Waals surface area contributed by atoms with E-state index in [0.717, 1.165) is 28.6 Å². The van der Waals surface area contributed by atoms with E-state index in [2.05, 4.69) is 25.2 Å². The second kappa shape index (κ2) is 6.51. The first kappa shape index (κ1) is 14.5. The molecule has 0 aliphatic heterocycles. The van der Waals surface area contributed by atoms with E-state index in [4.69, 9.17) is 16.6 Å². The Morgan fingerprint density at radius 1 is 1.32 bits per heavy atom. The molecular weight excluding hydrogens is 276 g/mol. The Hall–Kier alpha value is -0.900. The summed E-state index contributed by atoms with van der Waals surface area (Å²) >= 11 is 7.99. The van der Waals surface area contributed by atoms with Crippen molar-refractivity contribution in [3.05, 3.63) is 50.4 Å². The first-order valence-electron chi connectivity index (χ1n) is 6.48. The predicted octanol–water partition coefficient (Wildman–Crippen LogP) is 4.23. The molecule has 4 heteroatoms. The summed E-state index contributed by atoms with van der Waals surface area (Å²) in [6.45, 7) is 5.26. The van der Waals surface area contributed by atoms with Crippen molar-refractivity contribution in [1.29, 1.82) is 0 Å². The van der Waals surface area contributed by atoms with E-state index < -0.39 is 0 Å². The molecule has 0 saturated heterocycles. The summed E-state index contributed by atoms with van der Waals surface area (Å²) in [4.78, 5) is 6.12. The molecule has 1 N–H and O–H groups in total. The van der Waals surface area contributed by atoms with E-state index in [1.165, 1.54) is 10.6 Å². The molecule has 2 nitrogen and oxygen atoms in total. The second-order valence-corrected chi connectivity index (χ2v) is 6.44. The summed E-state index contributed by atoms with van der Waals surface area (Å²) in [6.07, 6.45) is 0.813. The molecule has 1 aromatic heterocycles. The molecule has 0 aliphatic rings. The maximum absolute atomic E-state index is 6.21. The Kier molecular flexibility index (Phi) is 4.97. The molecule has 0 radical (unpaired) electrons. The van der Waals surface area contributed by atoms with E-state index in [-0.39, 0.29) is 0 Å². The van der Waals surface area contributed by atoms with E-state index in [1.807, 2.05) is 25.2 Å². The first-order chi connectivity index (χ1) is 9.11. The molecule has 0 saturated carbocycles. The molecule has 1 heterocycles. The molecule has 0 atom stereocenters. The summed E-state index contributed by atoms with van der Waals surface area (Å²) in [5, 5.41) is 5.17. The zero-order valence-corrected chi connectivity index (χ0v) is 13.1. The van der Waals surface area contributed by atoms with E-state index >= 15 is 0 Å². The second-order valence-electron chi connectivity index (χ2n) is 4.87. The minimum absolute atomic E-state index is 0.458. The van der Waals surface area contributed by atoms with Gasteiger partial charge in [-0.2, -0.15) is 0 Å². The molecule has 2 aromatic rings. The van der Waals surface area contributed by atoms with Crippen molar-refractivity contribution in [2.45, 2.75) is 32.7 Å². The maximum atomic E-state index is 6.21. The molecule has 1 aromatic carbocycles. The summed E-state index contributed by atoms with van der Waals surface area (Å²) in [5.74, 6) is 0.458. The Balaban J connectivity index is 2.26. The van der Waals surface area contributed by atoms with Crippen molar-refractivity contribution in [3.8, 4) is 0 Å². The zero-order chi connectivity index (χ0) is 13.8. The highest BCUT2D eigenvalue weighted by molar-refractivity contribution is 7.11. The van der Waals surface area contributed by atoms with Gasteiger partial charge in [0.15, 0.2) is 0 Å². The standard InChI is InChI=1S/C15H19ClN2S/c1-10(2)15-13(9-17-3)19-14(18-15)8-11-6-4-5-7-12(11)16/h4-7,10,17H,8-9H2,1-3H3. The topological polar surface area (TPSA) is 24.9 Å². The van der Waals surface area contributed by atoms with Crippen LogP contribution in [-0.2, 0) is 13.0 Å². The van der Waals surface area contributed by atoms with Crippen LogP contribution in [0.15, 0.2) is 24.3 Å². The summed E-state index contributed by atoms with van der Waals surface area (Å²) < 4.78 is 0. The third kappa shape index (κ3) is 3.56. The number of benzene rings is 1. The van der Waals surface area contributed by atoms with Crippen molar-refractivity contribution in [3.63, 3.8) is 0 Å². The van der Waals surface area contributed by atoms with Crippen LogP contribution in [-0.4, -0.2) is 12.0 Å². The lowest BCUT2D eigenvalue weighted by atomic mass is 10.1. The average molecular weight is 295 g/mol. The van der Waals surface area contributed by atoms with Gasteiger partial charge in [-0.3, -0.25) is 0 Å². The van der Waals surface area contributed by atoms with Gasteiger partial charge >= 0.3 is 0 Å². The van der Waals surface area contributed by atoms with E-state index in [0.29, 0.717) is 5.92 Å². The van der Waals surface area contributed by atoms with Gasteiger partial charge in [-0.25, -0.2) is 4.98 Å². The SMILES string of the molecule is CNCc1sc(Cc2ccccc2Cl)nc1C(C)C. The lowest BCUT2D eigenvalue weighted by Crippen LogP contribution is -2.06. The minimum atomic E-state index is 0.458. The van der Waals surface area contributed by atoms with Crippen molar-refractivity contribution < 1.29 is 0 Å². The van der Waals surface area contributed by atoms with Crippen LogP contribution >= 0.6 is 22.9 Å². The van der Waals surface area contributed by atoms with Crippen LogP contribution in [0.3, 0.4) is 0 Å². The van der Waals surface area contributed by atoms with Crippen LogP contribution in [0.2, 0.25) is 5.02 Å². The Morgan fingerprint density at radius 3 is 2.68 bits per heavy atom. The van der Waals surface area contributed by atoms with Crippen LogP contribution in [0.25, 0.3) is 0 Å². The number of thiazole rings is 1. The summed E-state index contributed by atoms with van der Waals surface area (Å²) in [6, 6.07) is 7.98. The van der Waals surface area contributed by atoms with Gasteiger partial charge in [0.1, 0.15) is 0 Å². The quantitative estimate of drug-likeness (QED) is 0.892. The monoisotopic (exact) mass is 294 g/mol. The molecule has 0 aliphatic carbocycles. The summed E-state index contributed by atoms with van der Waals surface area (Å²) in [7, 11) is 1.97. The zero-order valence-electron chi connectivity index (χ0n) is 11.5. The van der Waals surface area contributed by atoms with Gasteiger partial charge in [-0.15, -0.1) is 11.3 Å². The van der Waals surface area contributed by atoms with Crippen molar-refractivity contribution in [2.75, 3.05) is 7.05 Å². The molecule has 0 spiro atoms. The molecule has 19 heavy (non-hydrogen) atoms. The number of hydrogen-bond acceptors (Lipinski definition) is 3. The van der Waals surface area contributed by atoms with Crippen LogP contribution in [0, 0.1) is 0 Å². The number of aromatic nitrogens is 1. The van der Waals surface area contributed by atoms with Crippen LogP contribution in [0.1, 0.15) is 40.9 Å². The fourth-order valence-corrected chi connectivity index (χ4v) is 3.49. The van der Waals surface area contributed by atoms with Crippen molar-refractivity contribution in [1.82, 2.24) is 10.3 Å². The third-order valence-corrected chi connectivity index (χ3v) is 4.40. The first-order valence-corrected chi connectivity index (χ1v) is 7.67. The molecule has 0 fully saturated rings. The molecule has 0 bridgehead atoms. The molecule has 0 unspecified atom stereocenters. The molecule has 0 amide bonds. The van der Waals surface area contributed by atoms with Crippen molar-refractivity contribution >= 4 is 22.9 Å². The van der Waals surface area contributed by atoms with Gasteiger partial charge in [0.05, 0.1) is 10.7 Å². The average Bonchev–Trinajstić information content (AvgIpc) is 2.76. The van der Waals surface area contributed by atoms with Gasteiger partial charge in [-0.05, 0) is 24.6 Å². The van der Waals surface area contributed by atoms with Gasteiger partial charge < -0.3 is 5.32 Å². The van der Waals surface area contributed by atoms with Gasteiger partial charge in [0.25, 0.3) is 0 Å². The minimum Gasteiger partial charge on any atom is -0.315 e. The lowest BCUT2D eigenvalue weighted by molar-refractivity contribution is 0.768. The normalized spacial score (nSPS) is 11.2. The number of hydrogen-bond donors (Lipinski definition) is 1. The molecular formula is C15H19ClN2S. The highest BCUT2D eigenvalue weighted by atomic mass is 35.5. The number of nitrogens with one attached hydrogen (secondary N) is 1. The number of nitrogens with zero attached hydrogens (tertiary/aromatic N) is 1. The van der Waals surface area contributed by atoms with E-state index in [1.54, 1.807) is 11.3 Å². The number of rotatable bonds is 5. The lowest BCUT2D eigenvalue weighted by Gasteiger charge is -2.03.